The zero-order valence-corrected chi connectivity index (χ0v) is 13.1. The van der Waals surface area contributed by atoms with E-state index in [4.69, 9.17) is 4.74 Å². The summed E-state index contributed by atoms with van der Waals surface area (Å²) in [7, 11) is 0. The van der Waals surface area contributed by atoms with Gasteiger partial charge in [-0.1, -0.05) is 57.2 Å². The molecule has 2 rings (SSSR count). The molecule has 0 saturated heterocycles. The van der Waals surface area contributed by atoms with Crippen LogP contribution in [0.15, 0.2) is 28.7 Å². The summed E-state index contributed by atoms with van der Waals surface area (Å²) >= 11 is 7.14. The quantitative estimate of drug-likeness (QED) is 0.672. The third kappa shape index (κ3) is 3.72. The number of hydrogen-bond acceptors (Lipinski definition) is 1. The van der Waals surface area contributed by atoms with Crippen LogP contribution < -0.4 is 4.74 Å². The minimum atomic E-state index is 0.348. The van der Waals surface area contributed by atoms with E-state index in [9.17, 15) is 0 Å². The molecule has 1 aliphatic rings. The first-order valence-corrected chi connectivity index (χ1v) is 8.10. The lowest BCUT2D eigenvalue weighted by atomic mass is 9.76. The molecule has 1 aromatic carbocycles. The standard InChI is InChI=1S/C14H18Br2O/c15-10-14(7-2-1-3-8-14)11-17-13-6-4-5-12(16)9-13/h4-6,9H,1-3,7-8,10-11H2. The molecule has 94 valence electrons. The topological polar surface area (TPSA) is 9.23 Å². The van der Waals surface area contributed by atoms with Crippen molar-refractivity contribution in [2.24, 2.45) is 5.41 Å². The zero-order valence-electron chi connectivity index (χ0n) is 9.92. The summed E-state index contributed by atoms with van der Waals surface area (Å²) in [6.45, 7) is 0.828. The van der Waals surface area contributed by atoms with Gasteiger partial charge < -0.3 is 4.74 Å². The Kier molecular flexibility index (Phi) is 4.92. The van der Waals surface area contributed by atoms with Gasteiger partial charge in [-0.15, -0.1) is 0 Å². The SMILES string of the molecule is BrCC1(COc2cccc(Br)c2)CCCCC1. The molecular weight excluding hydrogens is 344 g/mol. The molecule has 0 bridgehead atoms. The van der Waals surface area contributed by atoms with Crippen molar-refractivity contribution in [3.8, 4) is 5.75 Å². The average Bonchev–Trinajstić information content (AvgIpc) is 2.38. The molecule has 1 aliphatic carbocycles. The fourth-order valence-corrected chi connectivity index (χ4v) is 3.51. The Morgan fingerprint density at radius 1 is 1.18 bits per heavy atom. The molecule has 0 radical (unpaired) electrons. The lowest BCUT2D eigenvalue weighted by Crippen LogP contribution is -2.32. The van der Waals surface area contributed by atoms with Gasteiger partial charge >= 0.3 is 0 Å². The molecule has 17 heavy (non-hydrogen) atoms. The first-order valence-electron chi connectivity index (χ1n) is 6.18. The summed E-state index contributed by atoms with van der Waals surface area (Å²) in [5.41, 5.74) is 0.348. The van der Waals surface area contributed by atoms with Crippen LogP contribution in [0.25, 0.3) is 0 Å². The second-order valence-corrected chi connectivity index (χ2v) is 6.42. The summed E-state index contributed by atoms with van der Waals surface area (Å²) < 4.78 is 7.04. The molecule has 0 amide bonds. The number of alkyl halides is 1. The molecule has 1 nitrogen and oxygen atoms in total. The minimum Gasteiger partial charge on any atom is -0.493 e. The van der Waals surface area contributed by atoms with E-state index in [1.54, 1.807) is 0 Å². The molecule has 0 aromatic heterocycles. The lowest BCUT2D eigenvalue weighted by molar-refractivity contribution is 0.122. The second-order valence-electron chi connectivity index (χ2n) is 4.94. The van der Waals surface area contributed by atoms with Gasteiger partial charge in [0.2, 0.25) is 0 Å². The monoisotopic (exact) mass is 360 g/mol. The Bertz CT molecular complexity index is 359. The molecule has 0 atom stereocenters. The maximum atomic E-state index is 5.96. The Hall–Kier alpha value is -0.0200. The van der Waals surface area contributed by atoms with Gasteiger partial charge in [0.25, 0.3) is 0 Å². The highest BCUT2D eigenvalue weighted by Gasteiger charge is 2.31. The Balaban J connectivity index is 1.95. The van der Waals surface area contributed by atoms with E-state index in [0.29, 0.717) is 5.41 Å². The molecule has 0 aliphatic heterocycles. The van der Waals surface area contributed by atoms with Crippen LogP contribution in [-0.2, 0) is 0 Å². The van der Waals surface area contributed by atoms with Crippen LogP contribution in [0.4, 0.5) is 0 Å². The zero-order chi connectivity index (χ0) is 12.1. The molecule has 0 unspecified atom stereocenters. The smallest absolute Gasteiger partial charge is 0.120 e. The summed E-state index contributed by atoms with van der Waals surface area (Å²) in [5.74, 6) is 0.963. The maximum Gasteiger partial charge on any atom is 0.120 e. The van der Waals surface area contributed by atoms with Gasteiger partial charge in [0.05, 0.1) is 6.61 Å². The summed E-state index contributed by atoms with van der Waals surface area (Å²) in [6, 6.07) is 8.09. The average molecular weight is 362 g/mol. The van der Waals surface area contributed by atoms with Gasteiger partial charge in [-0.3, -0.25) is 0 Å². The fourth-order valence-electron chi connectivity index (χ4n) is 2.41. The van der Waals surface area contributed by atoms with Crippen molar-refractivity contribution in [2.75, 3.05) is 11.9 Å². The second kappa shape index (κ2) is 6.24. The van der Waals surface area contributed by atoms with Gasteiger partial charge in [0, 0.05) is 15.2 Å². The molecular formula is C14H18Br2O. The largest absolute Gasteiger partial charge is 0.493 e. The number of ether oxygens (including phenoxy) is 1. The van der Waals surface area contributed by atoms with Crippen molar-refractivity contribution in [1.82, 2.24) is 0 Å². The van der Waals surface area contributed by atoms with E-state index >= 15 is 0 Å². The third-order valence-electron chi connectivity index (χ3n) is 3.54. The van der Waals surface area contributed by atoms with E-state index in [-0.39, 0.29) is 0 Å². The van der Waals surface area contributed by atoms with Gasteiger partial charge in [-0.2, -0.15) is 0 Å². The van der Waals surface area contributed by atoms with Crippen LogP contribution in [-0.4, -0.2) is 11.9 Å². The van der Waals surface area contributed by atoms with Crippen LogP contribution >= 0.6 is 31.9 Å². The molecule has 1 fully saturated rings. The highest BCUT2D eigenvalue weighted by Crippen LogP contribution is 2.38. The predicted molar refractivity (Wildman–Crippen MR) is 78.9 cm³/mol. The van der Waals surface area contributed by atoms with Crippen LogP contribution in [0, 0.1) is 5.41 Å². The molecule has 0 spiro atoms. The van der Waals surface area contributed by atoms with E-state index in [0.717, 1.165) is 22.2 Å². The van der Waals surface area contributed by atoms with E-state index in [1.807, 2.05) is 24.3 Å². The van der Waals surface area contributed by atoms with E-state index in [1.165, 1.54) is 32.1 Å². The first-order chi connectivity index (χ1) is 8.24. The molecule has 0 heterocycles. The predicted octanol–water partition coefficient (Wildman–Crippen LogP) is 5.17. The summed E-state index contributed by atoms with van der Waals surface area (Å²) in [5, 5.41) is 1.05. The van der Waals surface area contributed by atoms with Crippen molar-refractivity contribution in [3.05, 3.63) is 28.7 Å². The van der Waals surface area contributed by atoms with Gasteiger partial charge in [0.1, 0.15) is 5.75 Å². The van der Waals surface area contributed by atoms with Crippen LogP contribution in [0.5, 0.6) is 5.75 Å². The molecule has 1 saturated carbocycles. The first kappa shape index (κ1) is 13.4. The van der Waals surface area contributed by atoms with Crippen LogP contribution in [0.3, 0.4) is 0 Å². The lowest BCUT2D eigenvalue weighted by Gasteiger charge is -2.35. The van der Waals surface area contributed by atoms with Crippen molar-refractivity contribution < 1.29 is 4.74 Å². The van der Waals surface area contributed by atoms with Crippen LogP contribution in [0.2, 0.25) is 0 Å². The molecule has 3 heteroatoms. The number of benzene rings is 1. The van der Waals surface area contributed by atoms with E-state index < -0.39 is 0 Å². The highest BCUT2D eigenvalue weighted by atomic mass is 79.9. The minimum absolute atomic E-state index is 0.348. The van der Waals surface area contributed by atoms with E-state index in [2.05, 4.69) is 31.9 Å². The summed E-state index contributed by atoms with van der Waals surface area (Å²) in [4.78, 5) is 0. The molecule has 0 N–H and O–H groups in total. The third-order valence-corrected chi connectivity index (χ3v) is 5.22. The van der Waals surface area contributed by atoms with Crippen molar-refractivity contribution in [3.63, 3.8) is 0 Å². The van der Waals surface area contributed by atoms with Crippen molar-refractivity contribution in [2.45, 2.75) is 32.1 Å². The summed E-state index contributed by atoms with van der Waals surface area (Å²) in [6.07, 6.45) is 6.63. The number of hydrogen-bond donors (Lipinski definition) is 0. The van der Waals surface area contributed by atoms with Crippen molar-refractivity contribution in [1.29, 1.82) is 0 Å². The van der Waals surface area contributed by atoms with Crippen LogP contribution in [0.1, 0.15) is 32.1 Å². The molecule has 1 aromatic rings. The van der Waals surface area contributed by atoms with Crippen molar-refractivity contribution >= 4 is 31.9 Å². The Labute approximate surface area is 120 Å². The highest BCUT2D eigenvalue weighted by molar-refractivity contribution is 9.10. The number of rotatable bonds is 4. The number of halogens is 2. The fraction of sp³-hybridized carbons (Fsp3) is 0.571. The maximum absolute atomic E-state index is 5.96. The Morgan fingerprint density at radius 2 is 1.94 bits per heavy atom. The normalized spacial score (nSPS) is 18.9. The Morgan fingerprint density at radius 3 is 2.59 bits per heavy atom. The van der Waals surface area contributed by atoms with Gasteiger partial charge in [0.15, 0.2) is 0 Å². The van der Waals surface area contributed by atoms with Gasteiger partial charge in [-0.05, 0) is 31.0 Å². The van der Waals surface area contributed by atoms with Gasteiger partial charge in [-0.25, -0.2) is 0 Å².